The van der Waals surface area contributed by atoms with Gasteiger partial charge in [0, 0.05) is 14.7 Å². The standard InChI is InChI=1S/C23H26OSi/c1-25(2)17-16-23(19-10-5-3-6-11-19)20-12-9-15-22(18-20)24-21-13-7-4-8-14-21/h3-15,18,23,25H,16-17H2,1-2H3. The van der Waals surface area contributed by atoms with Crippen molar-refractivity contribution in [3.05, 3.63) is 96.1 Å². The molecule has 0 N–H and O–H groups in total. The van der Waals surface area contributed by atoms with Crippen molar-refractivity contribution < 1.29 is 4.74 Å². The zero-order valence-corrected chi connectivity index (χ0v) is 16.2. The zero-order chi connectivity index (χ0) is 17.5. The Labute approximate surface area is 152 Å². The minimum Gasteiger partial charge on any atom is -0.457 e. The third kappa shape index (κ3) is 5.07. The molecular weight excluding hydrogens is 320 g/mol. The Bertz CT molecular complexity index is 768. The molecule has 0 aliphatic carbocycles. The predicted octanol–water partition coefficient (Wildman–Crippen LogP) is 6.49. The molecule has 1 nitrogen and oxygen atoms in total. The molecule has 0 aliphatic heterocycles. The number of para-hydroxylation sites is 1. The highest BCUT2D eigenvalue weighted by Gasteiger charge is 2.15. The SMILES string of the molecule is C[SiH](C)CCC(c1ccccc1)c1cccc(Oc2ccccc2)c1. The maximum Gasteiger partial charge on any atom is 0.127 e. The third-order valence-electron chi connectivity index (χ3n) is 4.47. The highest BCUT2D eigenvalue weighted by atomic mass is 28.3. The topological polar surface area (TPSA) is 9.23 Å². The van der Waals surface area contributed by atoms with Crippen molar-refractivity contribution in [1.29, 1.82) is 0 Å². The fourth-order valence-electron chi connectivity index (χ4n) is 3.13. The van der Waals surface area contributed by atoms with Crippen molar-refractivity contribution >= 4 is 8.80 Å². The molecule has 1 atom stereocenters. The number of ether oxygens (including phenoxy) is 1. The van der Waals surface area contributed by atoms with Crippen LogP contribution < -0.4 is 4.74 Å². The molecule has 3 aromatic rings. The van der Waals surface area contributed by atoms with Crippen LogP contribution in [0.25, 0.3) is 0 Å². The second kappa shape index (κ2) is 8.68. The Morgan fingerprint density at radius 1 is 0.720 bits per heavy atom. The Hall–Kier alpha value is -2.32. The maximum absolute atomic E-state index is 6.04. The van der Waals surface area contributed by atoms with E-state index < -0.39 is 8.80 Å². The van der Waals surface area contributed by atoms with Crippen molar-refractivity contribution in [3.8, 4) is 11.5 Å². The van der Waals surface area contributed by atoms with Crippen LogP contribution in [0.4, 0.5) is 0 Å². The Kier molecular flexibility index (Phi) is 6.07. The molecule has 128 valence electrons. The molecule has 0 spiro atoms. The normalized spacial score (nSPS) is 12.1. The molecule has 0 saturated carbocycles. The smallest absolute Gasteiger partial charge is 0.127 e. The van der Waals surface area contributed by atoms with Crippen LogP contribution in [0, 0.1) is 0 Å². The fraction of sp³-hybridized carbons (Fsp3) is 0.217. The van der Waals surface area contributed by atoms with Crippen molar-refractivity contribution in [2.24, 2.45) is 0 Å². The molecule has 0 bridgehead atoms. The molecule has 3 rings (SSSR count). The highest BCUT2D eigenvalue weighted by Crippen LogP contribution is 2.33. The van der Waals surface area contributed by atoms with Crippen LogP contribution in [0.1, 0.15) is 23.5 Å². The minimum atomic E-state index is -0.574. The third-order valence-corrected chi connectivity index (χ3v) is 5.96. The van der Waals surface area contributed by atoms with Crippen LogP contribution in [0.3, 0.4) is 0 Å². The molecule has 0 amide bonds. The summed E-state index contributed by atoms with van der Waals surface area (Å²) in [6, 6.07) is 30.8. The van der Waals surface area contributed by atoms with Gasteiger partial charge in [-0.1, -0.05) is 79.8 Å². The van der Waals surface area contributed by atoms with Gasteiger partial charge in [0.15, 0.2) is 0 Å². The largest absolute Gasteiger partial charge is 0.457 e. The molecule has 1 unspecified atom stereocenters. The van der Waals surface area contributed by atoms with Gasteiger partial charge in [-0.2, -0.15) is 0 Å². The second-order valence-electron chi connectivity index (χ2n) is 6.92. The van der Waals surface area contributed by atoms with Gasteiger partial charge in [0.1, 0.15) is 11.5 Å². The summed E-state index contributed by atoms with van der Waals surface area (Å²) in [7, 11) is -0.574. The molecule has 3 aromatic carbocycles. The number of hydrogen-bond acceptors (Lipinski definition) is 1. The fourth-order valence-corrected chi connectivity index (χ4v) is 4.13. The van der Waals surface area contributed by atoms with E-state index in [-0.39, 0.29) is 0 Å². The number of benzene rings is 3. The maximum atomic E-state index is 6.04. The molecule has 0 saturated heterocycles. The molecule has 0 heterocycles. The van der Waals surface area contributed by atoms with E-state index in [1.807, 2.05) is 36.4 Å². The summed E-state index contributed by atoms with van der Waals surface area (Å²) in [5.41, 5.74) is 2.74. The predicted molar refractivity (Wildman–Crippen MR) is 110 cm³/mol. The average Bonchev–Trinajstić information content (AvgIpc) is 2.64. The van der Waals surface area contributed by atoms with Crippen molar-refractivity contribution in [3.63, 3.8) is 0 Å². The average molecular weight is 347 g/mol. The minimum absolute atomic E-state index is 0.440. The van der Waals surface area contributed by atoms with E-state index in [0.29, 0.717) is 5.92 Å². The first-order valence-corrected chi connectivity index (χ1v) is 12.2. The van der Waals surface area contributed by atoms with Crippen LogP contribution in [0.15, 0.2) is 84.9 Å². The first-order valence-electron chi connectivity index (χ1n) is 9.10. The monoisotopic (exact) mass is 346 g/mol. The summed E-state index contributed by atoms with van der Waals surface area (Å²) in [6.45, 7) is 4.86. The lowest BCUT2D eigenvalue weighted by Gasteiger charge is -2.20. The van der Waals surface area contributed by atoms with Crippen LogP contribution in [-0.4, -0.2) is 8.80 Å². The quantitative estimate of drug-likeness (QED) is 0.444. The van der Waals surface area contributed by atoms with Gasteiger partial charge in [0.05, 0.1) is 0 Å². The van der Waals surface area contributed by atoms with Gasteiger partial charge in [-0.05, 0) is 41.8 Å². The van der Waals surface area contributed by atoms with E-state index in [2.05, 4.69) is 61.6 Å². The number of rotatable bonds is 7. The van der Waals surface area contributed by atoms with E-state index in [0.717, 1.165) is 11.5 Å². The molecule has 25 heavy (non-hydrogen) atoms. The summed E-state index contributed by atoms with van der Waals surface area (Å²) < 4.78 is 6.04. The van der Waals surface area contributed by atoms with E-state index in [1.54, 1.807) is 0 Å². The Morgan fingerprint density at radius 3 is 2.00 bits per heavy atom. The zero-order valence-electron chi connectivity index (χ0n) is 15.1. The van der Waals surface area contributed by atoms with E-state index in [4.69, 9.17) is 4.74 Å². The molecule has 0 aliphatic rings. The highest BCUT2D eigenvalue weighted by molar-refractivity contribution is 6.55. The van der Waals surface area contributed by atoms with Gasteiger partial charge in [-0.15, -0.1) is 0 Å². The van der Waals surface area contributed by atoms with Gasteiger partial charge >= 0.3 is 0 Å². The molecule has 0 fully saturated rings. The van der Waals surface area contributed by atoms with Gasteiger partial charge < -0.3 is 4.74 Å². The first-order chi connectivity index (χ1) is 12.2. The summed E-state index contributed by atoms with van der Waals surface area (Å²) >= 11 is 0. The molecule has 0 radical (unpaired) electrons. The first kappa shape index (κ1) is 17.5. The van der Waals surface area contributed by atoms with Crippen molar-refractivity contribution in [2.75, 3.05) is 0 Å². The lowest BCUT2D eigenvalue weighted by molar-refractivity contribution is 0.481. The summed E-state index contributed by atoms with van der Waals surface area (Å²) in [6.07, 6.45) is 1.21. The Balaban J connectivity index is 1.86. The number of hydrogen-bond donors (Lipinski definition) is 0. The van der Waals surface area contributed by atoms with Gasteiger partial charge in [-0.3, -0.25) is 0 Å². The van der Waals surface area contributed by atoms with Gasteiger partial charge in [0.2, 0.25) is 0 Å². The summed E-state index contributed by atoms with van der Waals surface area (Å²) in [5, 5.41) is 0. The van der Waals surface area contributed by atoms with Crippen LogP contribution >= 0.6 is 0 Å². The molecular formula is C23H26OSi. The van der Waals surface area contributed by atoms with Crippen molar-refractivity contribution in [2.45, 2.75) is 31.5 Å². The van der Waals surface area contributed by atoms with Crippen LogP contribution in [-0.2, 0) is 0 Å². The van der Waals surface area contributed by atoms with Gasteiger partial charge in [0.25, 0.3) is 0 Å². The lowest BCUT2D eigenvalue weighted by Crippen LogP contribution is -2.06. The van der Waals surface area contributed by atoms with E-state index in [1.165, 1.54) is 23.6 Å². The van der Waals surface area contributed by atoms with E-state index in [9.17, 15) is 0 Å². The van der Waals surface area contributed by atoms with Gasteiger partial charge in [-0.25, -0.2) is 0 Å². The van der Waals surface area contributed by atoms with Crippen LogP contribution in [0.2, 0.25) is 19.1 Å². The Morgan fingerprint density at radius 2 is 1.32 bits per heavy atom. The summed E-state index contributed by atoms with van der Waals surface area (Å²) in [4.78, 5) is 0. The molecule has 2 heteroatoms. The summed E-state index contributed by atoms with van der Waals surface area (Å²) in [5.74, 6) is 2.23. The molecule has 0 aromatic heterocycles. The van der Waals surface area contributed by atoms with E-state index >= 15 is 0 Å². The van der Waals surface area contributed by atoms with Crippen LogP contribution in [0.5, 0.6) is 11.5 Å². The second-order valence-corrected chi connectivity index (χ2v) is 10.3. The lowest BCUT2D eigenvalue weighted by atomic mass is 9.89. The van der Waals surface area contributed by atoms with Crippen molar-refractivity contribution in [1.82, 2.24) is 0 Å².